The summed E-state index contributed by atoms with van der Waals surface area (Å²) in [5.74, 6) is 2.79. The molecule has 0 saturated heterocycles. The quantitative estimate of drug-likeness (QED) is 0.825. The van der Waals surface area contributed by atoms with E-state index in [1.54, 1.807) is 13.2 Å². The van der Waals surface area contributed by atoms with Gasteiger partial charge in [-0.05, 0) is 42.7 Å². The molecule has 2 aromatic rings. The Kier molecular flexibility index (Phi) is 5.10. The molecule has 1 N–H and O–H groups in total. The average Bonchev–Trinajstić information content (AvgIpc) is 2.92. The Balaban J connectivity index is 1.93. The van der Waals surface area contributed by atoms with Crippen molar-refractivity contribution in [2.75, 3.05) is 7.11 Å². The van der Waals surface area contributed by atoms with Crippen molar-refractivity contribution in [3.05, 3.63) is 47.4 Å². The molecular formula is C17H22O3. The predicted octanol–water partition coefficient (Wildman–Crippen LogP) is 4.12. The molecule has 1 aromatic heterocycles. The van der Waals surface area contributed by atoms with Crippen molar-refractivity contribution in [3.63, 3.8) is 0 Å². The molecule has 0 saturated carbocycles. The van der Waals surface area contributed by atoms with Gasteiger partial charge in [-0.2, -0.15) is 0 Å². The van der Waals surface area contributed by atoms with Gasteiger partial charge < -0.3 is 14.3 Å². The van der Waals surface area contributed by atoms with E-state index < -0.39 is 0 Å². The number of hydrogen-bond donors (Lipinski definition) is 1. The van der Waals surface area contributed by atoms with Gasteiger partial charge in [-0.3, -0.25) is 0 Å². The zero-order chi connectivity index (χ0) is 14.4. The van der Waals surface area contributed by atoms with Gasteiger partial charge in [0.2, 0.25) is 0 Å². The lowest BCUT2D eigenvalue weighted by Crippen LogP contribution is -1.92. The standard InChI is InChI=1S/C17H22O3/c1-3-4-5-14-9-10-15(20-14)8-6-13-7-11-16(18)17(12-13)19-2/h7,9-12,18H,3-6,8H2,1-2H3. The van der Waals surface area contributed by atoms with E-state index in [9.17, 15) is 5.11 Å². The van der Waals surface area contributed by atoms with Gasteiger partial charge in [0.15, 0.2) is 11.5 Å². The number of benzene rings is 1. The van der Waals surface area contributed by atoms with Gasteiger partial charge in [-0.25, -0.2) is 0 Å². The van der Waals surface area contributed by atoms with Crippen LogP contribution in [0.3, 0.4) is 0 Å². The van der Waals surface area contributed by atoms with Crippen molar-refractivity contribution < 1.29 is 14.3 Å². The number of phenolic OH excluding ortho intramolecular Hbond substituents is 1. The molecule has 0 unspecified atom stereocenters. The van der Waals surface area contributed by atoms with E-state index in [0.29, 0.717) is 5.75 Å². The molecule has 0 amide bonds. The normalized spacial score (nSPS) is 10.7. The number of aromatic hydroxyl groups is 1. The topological polar surface area (TPSA) is 42.6 Å². The summed E-state index contributed by atoms with van der Waals surface area (Å²) in [6.07, 6.45) is 5.10. The van der Waals surface area contributed by atoms with Crippen LogP contribution in [-0.2, 0) is 19.3 Å². The van der Waals surface area contributed by atoms with E-state index in [4.69, 9.17) is 9.15 Å². The molecule has 1 aromatic carbocycles. The van der Waals surface area contributed by atoms with Gasteiger partial charge in [0.05, 0.1) is 7.11 Å². The molecule has 0 aliphatic heterocycles. The summed E-state index contributed by atoms with van der Waals surface area (Å²) < 4.78 is 10.9. The molecule has 0 aliphatic rings. The molecule has 0 fully saturated rings. The van der Waals surface area contributed by atoms with Gasteiger partial charge in [0, 0.05) is 12.8 Å². The maximum atomic E-state index is 9.56. The second-order valence-corrected chi connectivity index (χ2v) is 4.98. The van der Waals surface area contributed by atoms with Crippen LogP contribution in [0.2, 0.25) is 0 Å². The highest BCUT2D eigenvalue weighted by Gasteiger charge is 2.05. The summed E-state index contributed by atoms with van der Waals surface area (Å²) in [6.45, 7) is 2.18. The number of aryl methyl sites for hydroxylation is 3. The number of methoxy groups -OCH3 is 1. The number of unbranched alkanes of at least 4 members (excludes halogenated alkanes) is 1. The maximum Gasteiger partial charge on any atom is 0.160 e. The first kappa shape index (κ1) is 14.5. The molecule has 3 heteroatoms. The Hall–Kier alpha value is -1.90. The van der Waals surface area contributed by atoms with Gasteiger partial charge >= 0.3 is 0 Å². The Bertz CT molecular complexity index is 543. The first-order chi connectivity index (χ1) is 9.72. The highest BCUT2D eigenvalue weighted by atomic mass is 16.5. The van der Waals surface area contributed by atoms with Crippen LogP contribution in [0.4, 0.5) is 0 Å². The fraction of sp³-hybridized carbons (Fsp3) is 0.412. The summed E-state index contributed by atoms with van der Waals surface area (Å²) in [6, 6.07) is 9.59. The smallest absolute Gasteiger partial charge is 0.160 e. The van der Waals surface area contributed by atoms with Crippen LogP contribution in [0.25, 0.3) is 0 Å². The lowest BCUT2D eigenvalue weighted by molar-refractivity contribution is 0.373. The molecule has 20 heavy (non-hydrogen) atoms. The van der Waals surface area contributed by atoms with E-state index in [1.165, 1.54) is 12.8 Å². The number of furan rings is 1. The summed E-state index contributed by atoms with van der Waals surface area (Å²) in [7, 11) is 1.56. The number of ether oxygens (including phenoxy) is 1. The minimum atomic E-state index is 0.177. The van der Waals surface area contributed by atoms with Gasteiger partial charge in [0.1, 0.15) is 11.5 Å². The van der Waals surface area contributed by atoms with E-state index in [1.807, 2.05) is 12.1 Å². The minimum Gasteiger partial charge on any atom is -0.504 e. The monoisotopic (exact) mass is 274 g/mol. The molecule has 0 bridgehead atoms. The van der Waals surface area contributed by atoms with Gasteiger partial charge in [-0.1, -0.05) is 19.4 Å². The van der Waals surface area contributed by atoms with Crippen molar-refractivity contribution in [2.24, 2.45) is 0 Å². The van der Waals surface area contributed by atoms with E-state index >= 15 is 0 Å². The lowest BCUT2D eigenvalue weighted by atomic mass is 10.1. The van der Waals surface area contributed by atoms with Crippen molar-refractivity contribution in [1.29, 1.82) is 0 Å². The molecule has 2 rings (SSSR count). The van der Waals surface area contributed by atoms with Crippen LogP contribution in [0.1, 0.15) is 36.8 Å². The molecule has 0 spiro atoms. The van der Waals surface area contributed by atoms with Crippen LogP contribution < -0.4 is 4.74 Å². The summed E-state index contributed by atoms with van der Waals surface area (Å²) in [5, 5.41) is 9.56. The Morgan fingerprint density at radius 3 is 2.50 bits per heavy atom. The molecule has 108 valence electrons. The minimum absolute atomic E-state index is 0.177. The summed E-state index contributed by atoms with van der Waals surface area (Å²) in [5.41, 5.74) is 1.13. The summed E-state index contributed by atoms with van der Waals surface area (Å²) in [4.78, 5) is 0. The highest BCUT2D eigenvalue weighted by molar-refractivity contribution is 5.41. The first-order valence-electron chi connectivity index (χ1n) is 7.16. The van der Waals surface area contributed by atoms with Crippen molar-refractivity contribution in [2.45, 2.75) is 39.0 Å². The number of phenols is 1. The molecule has 0 atom stereocenters. The lowest BCUT2D eigenvalue weighted by Gasteiger charge is -2.06. The third-order valence-electron chi connectivity index (χ3n) is 3.40. The van der Waals surface area contributed by atoms with Gasteiger partial charge in [-0.15, -0.1) is 0 Å². The largest absolute Gasteiger partial charge is 0.504 e. The highest BCUT2D eigenvalue weighted by Crippen LogP contribution is 2.27. The third kappa shape index (κ3) is 3.80. The predicted molar refractivity (Wildman–Crippen MR) is 79.4 cm³/mol. The van der Waals surface area contributed by atoms with Crippen molar-refractivity contribution in [1.82, 2.24) is 0 Å². The zero-order valence-corrected chi connectivity index (χ0v) is 12.2. The van der Waals surface area contributed by atoms with E-state index in [-0.39, 0.29) is 5.75 Å². The molecular weight excluding hydrogens is 252 g/mol. The van der Waals surface area contributed by atoms with Crippen LogP contribution in [0.5, 0.6) is 11.5 Å². The van der Waals surface area contributed by atoms with Crippen LogP contribution in [-0.4, -0.2) is 12.2 Å². The Morgan fingerprint density at radius 1 is 1.05 bits per heavy atom. The fourth-order valence-corrected chi connectivity index (χ4v) is 2.19. The van der Waals surface area contributed by atoms with Crippen LogP contribution in [0, 0.1) is 0 Å². The third-order valence-corrected chi connectivity index (χ3v) is 3.40. The second kappa shape index (κ2) is 7.04. The van der Waals surface area contributed by atoms with E-state index in [2.05, 4.69) is 19.1 Å². The SMILES string of the molecule is CCCCc1ccc(CCc2ccc(O)c(OC)c2)o1. The molecule has 1 heterocycles. The average molecular weight is 274 g/mol. The van der Waals surface area contributed by atoms with Crippen LogP contribution in [0.15, 0.2) is 34.7 Å². The Morgan fingerprint density at radius 2 is 1.80 bits per heavy atom. The van der Waals surface area contributed by atoms with Crippen molar-refractivity contribution in [3.8, 4) is 11.5 Å². The maximum absolute atomic E-state index is 9.56. The number of hydrogen-bond acceptors (Lipinski definition) is 3. The zero-order valence-electron chi connectivity index (χ0n) is 12.2. The molecule has 3 nitrogen and oxygen atoms in total. The summed E-state index contributed by atoms with van der Waals surface area (Å²) >= 11 is 0. The fourth-order valence-electron chi connectivity index (χ4n) is 2.19. The van der Waals surface area contributed by atoms with Gasteiger partial charge in [0.25, 0.3) is 0 Å². The molecule has 0 radical (unpaired) electrons. The second-order valence-electron chi connectivity index (χ2n) is 4.98. The van der Waals surface area contributed by atoms with Crippen molar-refractivity contribution >= 4 is 0 Å². The number of rotatable bonds is 7. The Labute approximate surface area is 120 Å². The van der Waals surface area contributed by atoms with E-state index in [0.717, 1.165) is 36.3 Å². The molecule has 0 aliphatic carbocycles. The van der Waals surface area contributed by atoms with Crippen LogP contribution >= 0.6 is 0 Å². The first-order valence-corrected chi connectivity index (χ1v) is 7.16.